The van der Waals surface area contributed by atoms with E-state index in [1.165, 1.54) is 16.8 Å². The highest BCUT2D eigenvalue weighted by molar-refractivity contribution is 5.51. The van der Waals surface area contributed by atoms with Gasteiger partial charge in [0, 0.05) is 17.8 Å². The van der Waals surface area contributed by atoms with Gasteiger partial charge in [-0.3, -0.25) is 0 Å². The van der Waals surface area contributed by atoms with Gasteiger partial charge >= 0.3 is 0 Å². The Balaban J connectivity index is 2.38. The maximum Gasteiger partial charge on any atom is 0.0370 e. The third-order valence-electron chi connectivity index (χ3n) is 2.70. The van der Waals surface area contributed by atoms with Crippen molar-refractivity contribution in [2.75, 3.05) is 11.9 Å². The second-order valence-electron chi connectivity index (χ2n) is 5.34. The van der Waals surface area contributed by atoms with Gasteiger partial charge in [0.25, 0.3) is 0 Å². The monoisotopic (exact) mass is 220 g/mol. The largest absolute Gasteiger partial charge is 0.385 e. The molecule has 1 aromatic rings. The van der Waals surface area contributed by atoms with Crippen LogP contribution in [0.15, 0.2) is 18.2 Å². The zero-order valence-electron chi connectivity index (χ0n) is 10.9. The van der Waals surface area contributed by atoms with Crippen LogP contribution in [-0.4, -0.2) is 12.1 Å². The van der Waals surface area contributed by atoms with Crippen LogP contribution in [0.5, 0.6) is 0 Å². The van der Waals surface area contributed by atoms with Gasteiger partial charge in [0.15, 0.2) is 0 Å². The molecule has 0 saturated heterocycles. The molecule has 3 N–H and O–H groups in total. The third-order valence-corrected chi connectivity index (χ3v) is 2.70. The molecule has 0 fully saturated rings. The van der Waals surface area contributed by atoms with Gasteiger partial charge < -0.3 is 11.1 Å². The number of hydrogen-bond donors (Lipinski definition) is 2. The van der Waals surface area contributed by atoms with Crippen molar-refractivity contribution in [1.82, 2.24) is 0 Å². The van der Waals surface area contributed by atoms with E-state index in [1.54, 1.807) is 0 Å². The van der Waals surface area contributed by atoms with Crippen molar-refractivity contribution in [3.63, 3.8) is 0 Å². The number of benzene rings is 1. The highest BCUT2D eigenvalue weighted by Gasteiger charge is 2.09. The predicted molar refractivity (Wildman–Crippen MR) is 71.9 cm³/mol. The Labute approximate surface area is 99.2 Å². The van der Waals surface area contributed by atoms with Gasteiger partial charge in [-0.1, -0.05) is 17.7 Å². The Morgan fingerprint density at radius 3 is 2.50 bits per heavy atom. The third kappa shape index (κ3) is 4.67. The molecule has 2 nitrogen and oxygen atoms in total. The smallest absolute Gasteiger partial charge is 0.0370 e. The number of nitrogens with two attached hydrogens (primary N) is 1. The molecule has 0 radical (unpaired) electrons. The van der Waals surface area contributed by atoms with Gasteiger partial charge in [0.05, 0.1) is 0 Å². The quantitative estimate of drug-likeness (QED) is 0.748. The van der Waals surface area contributed by atoms with Crippen LogP contribution in [0.1, 0.15) is 37.8 Å². The summed E-state index contributed by atoms with van der Waals surface area (Å²) < 4.78 is 0. The fourth-order valence-corrected chi connectivity index (χ4v) is 1.78. The number of hydrogen-bond acceptors (Lipinski definition) is 2. The average Bonchev–Trinajstić information content (AvgIpc) is 2.13. The molecule has 0 aliphatic rings. The highest BCUT2D eigenvalue weighted by Crippen LogP contribution is 2.16. The summed E-state index contributed by atoms with van der Waals surface area (Å²) in [6.45, 7) is 9.40. The molecule has 0 aliphatic heterocycles. The Hall–Kier alpha value is -1.02. The van der Waals surface area contributed by atoms with E-state index in [0.29, 0.717) is 0 Å². The Bertz CT molecular complexity index is 337. The summed E-state index contributed by atoms with van der Waals surface area (Å²) in [5, 5.41) is 3.46. The number of rotatable bonds is 5. The van der Waals surface area contributed by atoms with Crippen LogP contribution < -0.4 is 11.1 Å². The lowest BCUT2D eigenvalue weighted by Gasteiger charge is -2.18. The van der Waals surface area contributed by atoms with Crippen molar-refractivity contribution in [3.05, 3.63) is 29.3 Å². The van der Waals surface area contributed by atoms with Crippen molar-refractivity contribution in [2.45, 2.75) is 46.1 Å². The fourth-order valence-electron chi connectivity index (χ4n) is 1.78. The molecule has 0 saturated carbocycles. The molecular weight excluding hydrogens is 196 g/mol. The molecule has 0 unspecified atom stereocenters. The number of anilines is 1. The van der Waals surface area contributed by atoms with Crippen molar-refractivity contribution in [3.8, 4) is 0 Å². The van der Waals surface area contributed by atoms with E-state index in [4.69, 9.17) is 5.73 Å². The van der Waals surface area contributed by atoms with Gasteiger partial charge in [-0.25, -0.2) is 0 Å². The normalized spacial score (nSPS) is 11.6. The minimum absolute atomic E-state index is 0.0516. The van der Waals surface area contributed by atoms with E-state index in [2.05, 4.69) is 51.2 Å². The molecule has 0 atom stereocenters. The molecule has 0 heterocycles. The van der Waals surface area contributed by atoms with Gasteiger partial charge in [-0.2, -0.15) is 0 Å². The zero-order chi connectivity index (χ0) is 12.2. The Morgan fingerprint density at radius 2 is 1.94 bits per heavy atom. The van der Waals surface area contributed by atoms with Crippen molar-refractivity contribution in [2.24, 2.45) is 5.73 Å². The first-order valence-corrected chi connectivity index (χ1v) is 5.98. The van der Waals surface area contributed by atoms with Gasteiger partial charge in [-0.15, -0.1) is 0 Å². The van der Waals surface area contributed by atoms with E-state index in [1.807, 2.05) is 0 Å². The molecule has 0 aliphatic carbocycles. The lowest BCUT2D eigenvalue weighted by molar-refractivity contribution is 0.465. The molecule has 1 rings (SSSR count). The van der Waals surface area contributed by atoms with Crippen LogP contribution >= 0.6 is 0 Å². The second-order valence-corrected chi connectivity index (χ2v) is 5.34. The van der Waals surface area contributed by atoms with Crippen LogP contribution in [0.25, 0.3) is 0 Å². The number of aryl methyl sites for hydroxylation is 2. The van der Waals surface area contributed by atoms with E-state index >= 15 is 0 Å². The standard InChI is InChI=1S/C14H24N2/c1-11-6-7-13(12(2)10-11)16-9-5-8-14(3,4)15/h6-7,10,16H,5,8-9,15H2,1-4H3. The van der Waals surface area contributed by atoms with E-state index in [0.717, 1.165) is 19.4 Å². The molecular formula is C14H24N2. The topological polar surface area (TPSA) is 38.0 Å². The maximum atomic E-state index is 5.94. The minimum Gasteiger partial charge on any atom is -0.385 e. The van der Waals surface area contributed by atoms with Crippen LogP contribution in [0.2, 0.25) is 0 Å². The average molecular weight is 220 g/mol. The highest BCUT2D eigenvalue weighted by atomic mass is 14.9. The van der Waals surface area contributed by atoms with Gasteiger partial charge in [0.2, 0.25) is 0 Å². The molecule has 1 aromatic carbocycles. The van der Waals surface area contributed by atoms with Crippen molar-refractivity contribution >= 4 is 5.69 Å². The van der Waals surface area contributed by atoms with Gasteiger partial charge in [0.1, 0.15) is 0 Å². The molecule has 16 heavy (non-hydrogen) atoms. The van der Waals surface area contributed by atoms with Crippen LogP contribution in [-0.2, 0) is 0 Å². The van der Waals surface area contributed by atoms with E-state index in [9.17, 15) is 0 Å². The van der Waals surface area contributed by atoms with Crippen molar-refractivity contribution < 1.29 is 0 Å². The molecule has 0 aromatic heterocycles. The fraction of sp³-hybridized carbons (Fsp3) is 0.571. The summed E-state index contributed by atoms with van der Waals surface area (Å²) in [7, 11) is 0. The molecule has 2 heteroatoms. The van der Waals surface area contributed by atoms with Gasteiger partial charge in [-0.05, 0) is 52.2 Å². The first-order valence-electron chi connectivity index (χ1n) is 5.98. The van der Waals surface area contributed by atoms with E-state index < -0.39 is 0 Å². The Kier molecular flexibility index (Phi) is 4.36. The maximum absolute atomic E-state index is 5.94. The first-order chi connectivity index (χ1) is 7.38. The zero-order valence-corrected chi connectivity index (χ0v) is 10.9. The lowest BCUT2D eigenvalue weighted by atomic mass is 10.0. The Morgan fingerprint density at radius 1 is 1.25 bits per heavy atom. The summed E-state index contributed by atoms with van der Waals surface area (Å²) in [5.41, 5.74) is 9.75. The van der Waals surface area contributed by atoms with Crippen molar-refractivity contribution in [1.29, 1.82) is 0 Å². The van der Waals surface area contributed by atoms with E-state index in [-0.39, 0.29) is 5.54 Å². The van der Waals surface area contributed by atoms with Crippen LogP contribution in [0.3, 0.4) is 0 Å². The molecule has 90 valence electrons. The second kappa shape index (κ2) is 5.35. The summed E-state index contributed by atoms with van der Waals surface area (Å²) in [6.07, 6.45) is 2.15. The molecule has 0 amide bonds. The SMILES string of the molecule is Cc1ccc(NCCCC(C)(C)N)c(C)c1. The minimum atomic E-state index is -0.0516. The van der Waals surface area contributed by atoms with Crippen LogP contribution in [0, 0.1) is 13.8 Å². The summed E-state index contributed by atoms with van der Waals surface area (Å²) >= 11 is 0. The number of nitrogens with one attached hydrogen (secondary N) is 1. The summed E-state index contributed by atoms with van der Waals surface area (Å²) in [4.78, 5) is 0. The lowest BCUT2D eigenvalue weighted by Crippen LogP contribution is -2.32. The summed E-state index contributed by atoms with van der Waals surface area (Å²) in [6, 6.07) is 6.50. The molecule has 0 bridgehead atoms. The van der Waals surface area contributed by atoms with Crippen LogP contribution in [0.4, 0.5) is 5.69 Å². The predicted octanol–water partition coefficient (Wildman–Crippen LogP) is 3.23. The first kappa shape index (κ1) is 13.0. The summed E-state index contributed by atoms with van der Waals surface area (Å²) in [5.74, 6) is 0. The molecule has 0 spiro atoms.